The van der Waals surface area contributed by atoms with E-state index in [9.17, 15) is 4.79 Å². The normalized spacial score (nSPS) is 10.3. The molecular formula is C22H16BrN3O. The van der Waals surface area contributed by atoms with Gasteiger partial charge in [0.1, 0.15) is 0 Å². The molecule has 0 saturated heterocycles. The van der Waals surface area contributed by atoms with Gasteiger partial charge in [0.25, 0.3) is 0 Å². The molecule has 3 aromatic rings. The monoisotopic (exact) mass is 417 g/mol. The van der Waals surface area contributed by atoms with E-state index < -0.39 is 0 Å². The minimum absolute atomic E-state index is 0.0206. The number of rotatable bonds is 4. The van der Waals surface area contributed by atoms with Crippen LogP contribution in [-0.2, 0) is 0 Å². The molecule has 0 spiro atoms. The summed E-state index contributed by atoms with van der Waals surface area (Å²) in [5.74, 6) is 0.0206. The highest BCUT2D eigenvalue weighted by Crippen LogP contribution is 2.34. The summed E-state index contributed by atoms with van der Waals surface area (Å²) in [5, 5.41) is 18.4. The second-order valence-electron chi connectivity index (χ2n) is 6.17. The fraction of sp³-hybridized carbons (Fsp3) is 0.136. The van der Waals surface area contributed by atoms with Crippen LogP contribution >= 0.6 is 15.9 Å². The van der Waals surface area contributed by atoms with Gasteiger partial charge in [-0.2, -0.15) is 10.5 Å². The van der Waals surface area contributed by atoms with Crippen LogP contribution in [0.4, 0.5) is 0 Å². The van der Waals surface area contributed by atoms with Crippen LogP contribution in [0.15, 0.2) is 48.5 Å². The van der Waals surface area contributed by atoms with Crippen molar-refractivity contribution in [1.82, 2.24) is 4.57 Å². The van der Waals surface area contributed by atoms with Crippen molar-refractivity contribution < 1.29 is 4.79 Å². The van der Waals surface area contributed by atoms with E-state index in [1.54, 1.807) is 24.3 Å². The molecule has 0 fully saturated rings. The number of carbonyl (C=O) groups is 1. The second kappa shape index (κ2) is 7.61. The maximum absolute atomic E-state index is 12.5. The second-order valence-corrected chi connectivity index (χ2v) is 6.73. The fourth-order valence-electron chi connectivity index (χ4n) is 3.37. The summed E-state index contributed by atoms with van der Waals surface area (Å²) in [6.45, 7) is 3.87. The first-order valence-corrected chi connectivity index (χ1v) is 9.46. The van der Waals surface area contributed by atoms with Gasteiger partial charge in [0.05, 0.1) is 34.3 Å². The molecule has 0 unspecified atom stereocenters. The molecule has 27 heavy (non-hydrogen) atoms. The highest BCUT2D eigenvalue weighted by Gasteiger charge is 2.23. The van der Waals surface area contributed by atoms with E-state index in [0.717, 1.165) is 28.2 Å². The van der Waals surface area contributed by atoms with Crippen molar-refractivity contribution in [2.75, 3.05) is 5.33 Å². The molecule has 0 saturated carbocycles. The number of nitriles is 2. The minimum Gasteiger partial charge on any atom is -0.313 e. The van der Waals surface area contributed by atoms with Crippen molar-refractivity contribution >= 4 is 21.7 Å². The summed E-state index contributed by atoms with van der Waals surface area (Å²) in [6, 6.07) is 18.8. The van der Waals surface area contributed by atoms with Gasteiger partial charge in [-0.1, -0.05) is 28.1 Å². The van der Waals surface area contributed by atoms with Crippen LogP contribution in [-0.4, -0.2) is 15.7 Å². The third-order valence-corrected chi connectivity index (χ3v) is 5.10. The van der Waals surface area contributed by atoms with Gasteiger partial charge in [-0.15, -0.1) is 0 Å². The molecule has 0 atom stereocenters. The number of halogens is 1. The first kappa shape index (κ1) is 18.6. The Bertz CT molecular complexity index is 1010. The molecule has 0 aliphatic carbocycles. The molecule has 0 N–H and O–H groups in total. The first-order valence-electron chi connectivity index (χ1n) is 8.34. The average Bonchev–Trinajstić information content (AvgIpc) is 2.97. The van der Waals surface area contributed by atoms with Crippen molar-refractivity contribution in [2.24, 2.45) is 0 Å². The highest BCUT2D eigenvalue weighted by molar-refractivity contribution is 9.09. The number of nitrogens with zero attached hydrogens (tertiary/aromatic N) is 3. The molecule has 3 rings (SSSR count). The van der Waals surface area contributed by atoms with Gasteiger partial charge in [0.15, 0.2) is 5.78 Å². The van der Waals surface area contributed by atoms with E-state index in [0.29, 0.717) is 16.7 Å². The van der Waals surface area contributed by atoms with Gasteiger partial charge in [0, 0.05) is 16.9 Å². The number of aromatic nitrogens is 1. The van der Waals surface area contributed by atoms with Crippen LogP contribution in [0.3, 0.4) is 0 Å². The van der Waals surface area contributed by atoms with Crippen LogP contribution in [0.5, 0.6) is 0 Å². The van der Waals surface area contributed by atoms with Crippen LogP contribution in [0.1, 0.15) is 32.7 Å². The van der Waals surface area contributed by atoms with E-state index in [1.165, 1.54) is 0 Å². The lowest BCUT2D eigenvalue weighted by Crippen LogP contribution is -2.04. The van der Waals surface area contributed by atoms with Crippen LogP contribution in [0, 0.1) is 36.5 Å². The Labute approximate surface area is 166 Å². The molecule has 0 bridgehead atoms. The summed E-state index contributed by atoms with van der Waals surface area (Å²) < 4.78 is 2.04. The lowest BCUT2D eigenvalue weighted by Gasteiger charge is -2.13. The predicted octanol–water partition coefficient (Wildman–Crippen LogP) is 5.08. The molecule has 0 aliphatic heterocycles. The first-order chi connectivity index (χ1) is 13.0. The van der Waals surface area contributed by atoms with Crippen LogP contribution in [0.2, 0.25) is 0 Å². The Morgan fingerprint density at radius 3 is 1.96 bits per heavy atom. The summed E-state index contributed by atoms with van der Waals surface area (Å²) >= 11 is 3.27. The lowest BCUT2D eigenvalue weighted by molar-refractivity contribution is 0.102. The topological polar surface area (TPSA) is 69.6 Å². The number of ketones is 1. The Balaban J connectivity index is 2.31. The molecule has 0 aliphatic rings. The molecule has 1 heterocycles. The number of hydrogen-bond acceptors (Lipinski definition) is 3. The van der Waals surface area contributed by atoms with E-state index in [4.69, 9.17) is 10.5 Å². The number of carbonyl (C=O) groups excluding carboxylic acids is 1. The van der Waals surface area contributed by atoms with Crippen molar-refractivity contribution in [1.29, 1.82) is 10.5 Å². The molecule has 132 valence electrons. The lowest BCUT2D eigenvalue weighted by atomic mass is 10.0. The van der Waals surface area contributed by atoms with Crippen molar-refractivity contribution in [2.45, 2.75) is 13.8 Å². The zero-order valence-corrected chi connectivity index (χ0v) is 16.5. The zero-order valence-electron chi connectivity index (χ0n) is 15.0. The van der Waals surface area contributed by atoms with E-state index in [2.05, 4.69) is 28.1 Å². The van der Waals surface area contributed by atoms with E-state index >= 15 is 0 Å². The Kier molecular flexibility index (Phi) is 5.26. The van der Waals surface area contributed by atoms with E-state index in [-0.39, 0.29) is 11.1 Å². The zero-order chi connectivity index (χ0) is 19.6. The molecule has 0 amide bonds. The summed E-state index contributed by atoms with van der Waals surface area (Å²) in [7, 11) is 0. The molecule has 1 aromatic heterocycles. The van der Waals surface area contributed by atoms with Gasteiger partial charge in [-0.25, -0.2) is 0 Å². The van der Waals surface area contributed by atoms with Crippen molar-refractivity contribution in [3.8, 4) is 29.1 Å². The third kappa shape index (κ3) is 3.30. The Morgan fingerprint density at radius 2 is 1.48 bits per heavy atom. The van der Waals surface area contributed by atoms with Gasteiger partial charge >= 0.3 is 0 Å². The van der Waals surface area contributed by atoms with Crippen LogP contribution < -0.4 is 0 Å². The van der Waals surface area contributed by atoms with Crippen molar-refractivity contribution in [3.63, 3.8) is 0 Å². The number of benzene rings is 2. The molecule has 0 radical (unpaired) electrons. The Hall–Kier alpha value is -3.15. The van der Waals surface area contributed by atoms with Gasteiger partial charge < -0.3 is 4.57 Å². The van der Waals surface area contributed by atoms with Gasteiger partial charge in [-0.05, 0) is 61.4 Å². The smallest absolute Gasteiger partial charge is 0.175 e. The maximum Gasteiger partial charge on any atom is 0.175 e. The SMILES string of the molecule is Cc1c(C(=O)CBr)c(C)n(-c2ccc(C#N)cc2)c1-c1ccc(C#N)cc1. The third-order valence-electron chi connectivity index (χ3n) is 4.59. The fourth-order valence-corrected chi connectivity index (χ4v) is 3.65. The Morgan fingerprint density at radius 1 is 0.963 bits per heavy atom. The predicted molar refractivity (Wildman–Crippen MR) is 108 cm³/mol. The molecular weight excluding hydrogens is 402 g/mol. The number of hydrogen-bond donors (Lipinski definition) is 0. The standard InChI is InChI=1S/C22H16BrN3O/c1-14-21(20(27)11-23)15(2)26(19-9-5-17(13-25)6-10-19)22(14)18-7-3-16(12-24)4-8-18/h3-10H,11H2,1-2H3. The highest BCUT2D eigenvalue weighted by atomic mass is 79.9. The van der Waals surface area contributed by atoms with Gasteiger partial charge in [0.2, 0.25) is 0 Å². The minimum atomic E-state index is 0.0206. The summed E-state index contributed by atoms with van der Waals surface area (Å²) in [4.78, 5) is 12.5. The average molecular weight is 418 g/mol. The number of alkyl halides is 1. The molecule has 5 heteroatoms. The van der Waals surface area contributed by atoms with Gasteiger partial charge in [-0.3, -0.25) is 4.79 Å². The van der Waals surface area contributed by atoms with E-state index in [1.807, 2.05) is 42.7 Å². The molecule has 4 nitrogen and oxygen atoms in total. The quantitative estimate of drug-likeness (QED) is 0.438. The largest absolute Gasteiger partial charge is 0.313 e. The number of Topliss-reactive ketones (excluding diaryl/α,β-unsaturated/α-hetero) is 1. The van der Waals surface area contributed by atoms with Crippen molar-refractivity contribution in [3.05, 3.63) is 76.5 Å². The summed E-state index contributed by atoms with van der Waals surface area (Å²) in [5.41, 5.74) is 6.31. The van der Waals surface area contributed by atoms with Crippen LogP contribution in [0.25, 0.3) is 16.9 Å². The maximum atomic E-state index is 12.5. The summed E-state index contributed by atoms with van der Waals surface area (Å²) in [6.07, 6.45) is 0. The molecule has 2 aromatic carbocycles.